The number of nitrogens with one attached hydrogen (secondary N) is 3. The minimum Gasteiger partial charge on any atom is -0.472 e. The zero-order valence-corrected chi connectivity index (χ0v) is 20.2. The van der Waals surface area contributed by atoms with Gasteiger partial charge in [0, 0.05) is 41.8 Å². The monoisotopic (exact) mass is 490 g/mol. The molecule has 0 aromatic carbocycles. The highest BCUT2D eigenvalue weighted by molar-refractivity contribution is 5.95. The van der Waals surface area contributed by atoms with Crippen molar-refractivity contribution in [3.8, 4) is 33.9 Å². The molecular weight excluding hydrogens is 464 g/mol. The van der Waals surface area contributed by atoms with Crippen molar-refractivity contribution < 1.29 is 4.42 Å². The zero-order chi connectivity index (χ0) is 24.6. The summed E-state index contributed by atoms with van der Waals surface area (Å²) in [5.74, 6) is 1.44. The first-order valence-electron chi connectivity index (χ1n) is 12.7. The number of hydrogen-bond donors (Lipinski definition) is 3. The molecule has 1 saturated carbocycles. The summed E-state index contributed by atoms with van der Waals surface area (Å²) in [7, 11) is 0. The van der Waals surface area contributed by atoms with E-state index < -0.39 is 0 Å². The SMILES string of the molecule is c1cc(-c2cncc3[nH]c(-c4n[nH]c5ccc(-c6cncc(CNCC7CCCC7)c6)nc45)nc23)co1. The second-order valence-corrected chi connectivity index (χ2v) is 9.71. The Labute approximate surface area is 212 Å². The lowest BCUT2D eigenvalue weighted by Gasteiger charge is -2.11. The first-order valence-corrected chi connectivity index (χ1v) is 12.7. The quantitative estimate of drug-likeness (QED) is 0.270. The minimum absolute atomic E-state index is 0.631. The summed E-state index contributed by atoms with van der Waals surface area (Å²) < 4.78 is 5.26. The molecule has 1 aliphatic carbocycles. The molecule has 0 spiro atoms. The van der Waals surface area contributed by atoms with Gasteiger partial charge in [0.25, 0.3) is 0 Å². The molecule has 0 unspecified atom stereocenters. The van der Waals surface area contributed by atoms with Crippen LogP contribution >= 0.6 is 0 Å². The molecule has 0 radical (unpaired) electrons. The van der Waals surface area contributed by atoms with Crippen LogP contribution in [-0.4, -0.2) is 41.7 Å². The van der Waals surface area contributed by atoms with Gasteiger partial charge in [-0.3, -0.25) is 15.1 Å². The van der Waals surface area contributed by atoms with Gasteiger partial charge >= 0.3 is 0 Å². The number of fused-ring (bicyclic) bond motifs is 2. The lowest BCUT2D eigenvalue weighted by Crippen LogP contribution is -2.20. The van der Waals surface area contributed by atoms with Gasteiger partial charge in [0.05, 0.1) is 35.5 Å². The maximum Gasteiger partial charge on any atom is 0.161 e. The van der Waals surface area contributed by atoms with E-state index in [1.54, 1.807) is 24.9 Å². The van der Waals surface area contributed by atoms with Crippen molar-refractivity contribution in [1.82, 2.24) is 40.4 Å². The van der Waals surface area contributed by atoms with Gasteiger partial charge in [0.15, 0.2) is 11.5 Å². The van der Waals surface area contributed by atoms with Gasteiger partial charge in [-0.2, -0.15) is 5.10 Å². The molecule has 6 heterocycles. The van der Waals surface area contributed by atoms with E-state index in [0.717, 1.165) is 69.0 Å². The van der Waals surface area contributed by atoms with Crippen molar-refractivity contribution in [1.29, 1.82) is 0 Å². The van der Waals surface area contributed by atoms with Crippen LogP contribution in [0.25, 0.3) is 56.0 Å². The third kappa shape index (κ3) is 4.17. The Balaban J connectivity index is 1.20. The molecule has 9 nitrogen and oxygen atoms in total. The molecule has 0 atom stereocenters. The van der Waals surface area contributed by atoms with Crippen LogP contribution in [0.3, 0.4) is 0 Å². The highest BCUT2D eigenvalue weighted by Gasteiger charge is 2.18. The molecule has 3 N–H and O–H groups in total. The van der Waals surface area contributed by atoms with Gasteiger partial charge in [-0.05, 0) is 55.1 Å². The molecule has 0 bridgehead atoms. The number of imidazole rings is 1. The van der Waals surface area contributed by atoms with Crippen molar-refractivity contribution in [2.24, 2.45) is 5.92 Å². The summed E-state index contributed by atoms with van der Waals surface area (Å²) in [5, 5.41) is 11.2. The number of aromatic amines is 2. The Morgan fingerprint density at radius 3 is 2.73 bits per heavy atom. The van der Waals surface area contributed by atoms with Gasteiger partial charge in [-0.25, -0.2) is 9.97 Å². The van der Waals surface area contributed by atoms with E-state index in [9.17, 15) is 0 Å². The number of furan rings is 1. The lowest BCUT2D eigenvalue weighted by atomic mass is 10.1. The molecule has 0 amide bonds. The van der Waals surface area contributed by atoms with Crippen LogP contribution < -0.4 is 5.32 Å². The zero-order valence-electron chi connectivity index (χ0n) is 20.2. The fourth-order valence-corrected chi connectivity index (χ4v) is 5.26. The summed E-state index contributed by atoms with van der Waals surface area (Å²) in [5.41, 5.74) is 8.68. The van der Waals surface area contributed by atoms with Gasteiger partial charge < -0.3 is 14.7 Å². The van der Waals surface area contributed by atoms with E-state index in [1.165, 1.54) is 25.7 Å². The third-order valence-electron chi connectivity index (χ3n) is 7.19. The van der Waals surface area contributed by atoms with Crippen molar-refractivity contribution in [2.45, 2.75) is 32.2 Å². The fourth-order valence-electron chi connectivity index (χ4n) is 5.26. The molecule has 0 saturated heterocycles. The van der Waals surface area contributed by atoms with Crippen LogP contribution in [-0.2, 0) is 6.54 Å². The molecule has 9 heteroatoms. The third-order valence-corrected chi connectivity index (χ3v) is 7.19. The van der Waals surface area contributed by atoms with Gasteiger partial charge in [0.1, 0.15) is 11.0 Å². The van der Waals surface area contributed by atoms with Crippen LogP contribution in [0.15, 0.2) is 66.0 Å². The Bertz CT molecular complexity index is 1680. The predicted octanol–water partition coefficient (Wildman–Crippen LogP) is 5.50. The van der Waals surface area contributed by atoms with Crippen LogP contribution in [0.1, 0.15) is 31.2 Å². The Kier molecular flexibility index (Phi) is 5.47. The summed E-state index contributed by atoms with van der Waals surface area (Å²) in [6.45, 7) is 1.88. The summed E-state index contributed by atoms with van der Waals surface area (Å²) in [6.07, 6.45) is 16.1. The van der Waals surface area contributed by atoms with Gasteiger partial charge in [-0.15, -0.1) is 0 Å². The first-order chi connectivity index (χ1) is 18.3. The van der Waals surface area contributed by atoms with E-state index >= 15 is 0 Å². The summed E-state index contributed by atoms with van der Waals surface area (Å²) in [6, 6.07) is 8.05. The molecule has 7 rings (SSSR count). The second-order valence-electron chi connectivity index (χ2n) is 9.71. The number of nitrogens with zero attached hydrogens (tertiary/aromatic N) is 5. The van der Waals surface area contributed by atoms with Crippen LogP contribution in [0, 0.1) is 5.92 Å². The average molecular weight is 491 g/mol. The Morgan fingerprint density at radius 1 is 0.919 bits per heavy atom. The van der Waals surface area contributed by atoms with Crippen LogP contribution in [0.4, 0.5) is 0 Å². The van der Waals surface area contributed by atoms with Crippen LogP contribution in [0.2, 0.25) is 0 Å². The highest BCUT2D eigenvalue weighted by atomic mass is 16.3. The smallest absolute Gasteiger partial charge is 0.161 e. The molecule has 1 aliphatic rings. The van der Waals surface area contributed by atoms with E-state index in [4.69, 9.17) is 14.4 Å². The van der Waals surface area contributed by atoms with E-state index in [-0.39, 0.29) is 0 Å². The van der Waals surface area contributed by atoms with E-state index in [0.29, 0.717) is 11.5 Å². The number of pyridine rings is 3. The standard InChI is InChI=1S/C28H26N8O/c1-2-4-17(3-1)10-29-11-18-9-20(13-30-12-18)22-5-6-23-26(32-22)27(36-35-23)28-33-24-15-31-14-21(25(24)34-28)19-7-8-37-16-19/h5-9,12-17,29H,1-4,10-11H2,(H,33,34)(H,35,36). The average Bonchev–Trinajstić information content (AvgIpc) is 3.74. The maximum absolute atomic E-state index is 5.26. The largest absolute Gasteiger partial charge is 0.472 e. The van der Waals surface area contributed by atoms with Gasteiger partial charge in [-0.1, -0.05) is 12.8 Å². The number of hydrogen-bond acceptors (Lipinski definition) is 7. The second kappa shape index (κ2) is 9.25. The van der Waals surface area contributed by atoms with Crippen molar-refractivity contribution in [2.75, 3.05) is 6.54 Å². The normalized spacial score (nSPS) is 14.3. The Hall–Kier alpha value is -4.37. The molecule has 37 heavy (non-hydrogen) atoms. The summed E-state index contributed by atoms with van der Waals surface area (Å²) in [4.78, 5) is 22.0. The molecule has 184 valence electrons. The number of H-pyrrole nitrogens is 2. The topological polar surface area (TPSA) is 121 Å². The maximum atomic E-state index is 5.26. The number of aromatic nitrogens is 7. The predicted molar refractivity (Wildman–Crippen MR) is 141 cm³/mol. The van der Waals surface area contributed by atoms with E-state index in [2.05, 4.69) is 36.5 Å². The molecule has 6 aromatic heterocycles. The Morgan fingerprint density at radius 2 is 1.84 bits per heavy atom. The minimum atomic E-state index is 0.631. The van der Waals surface area contributed by atoms with Crippen LogP contribution in [0.5, 0.6) is 0 Å². The number of rotatable bonds is 7. The lowest BCUT2D eigenvalue weighted by molar-refractivity contribution is 0.489. The molecular formula is C28H26N8O. The molecule has 1 fully saturated rings. The highest BCUT2D eigenvalue weighted by Crippen LogP contribution is 2.31. The van der Waals surface area contributed by atoms with E-state index in [1.807, 2.05) is 30.6 Å². The summed E-state index contributed by atoms with van der Waals surface area (Å²) >= 11 is 0. The van der Waals surface area contributed by atoms with Crippen molar-refractivity contribution >= 4 is 22.1 Å². The molecule has 0 aliphatic heterocycles. The molecule has 6 aromatic rings. The van der Waals surface area contributed by atoms with Crippen molar-refractivity contribution in [3.63, 3.8) is 0 Å². The van der Waals surface area contributed by atoms with Crippen molar-refractivity contribution in [3.05, 3.63) is 67.1 Å². The van der Waals surface area contributed by atoms with Gasteiger partial charge in [0.2, 0.25) is 0 Å². The first kappa shape index (κ1) is 21.9. The fraction of sp³-hybridized carbons (Fsp3) is 0.250.